The first-order chi connectivity index (χ1) is 9.61. The van der Waals surface area contributed by atoms with Gasteiger partial charge in [-0.3, -0.25) is 0 Å². The Morgan fingerprint density at radius 1 is 1.25 bits per heavy atom. The summed E-state index contributed by atoms with van der Waals surface area (Å²) in [5, 5.41) is 3.62. The Bertz CT molecular complexity index is 470. The second-order valence-corrected chi connectivity index (χ2v) is 5.92. The molecule has 0 bridgehead atoms. The van der Waals surface area contributed by atoms with Gasteiger partial charge in [0.2, 0.25) is 0 Å². The normalized spacial score (nSPS) is 22.9. The summed E-state index contributed by atoms with van der Waals surface area (Å²) in [6.45, 7) is 4.32. The number of hydrogen-bond donors (Lipinski definition) is 1. The van der Waals surface area contributed by atoms with Gasteiger partial charge in [-0.2, -0.15) is 0 Å². The molecule has 1 saturated carbocycles. The lowest BCUT2D eigenvalue weighted by atomic mass is 10.0. The quantitative estimate of drug-likeness (QED) is 0.665. The fourth-order valence-electron chi connectivity index (χ4n) is 2.97. The van der Waals surface area contributed by atoms with Gasteiger partial charge >= 0.3 is 5.97 Å². The maximum absolute atomic E-state index is 11.7. The van der Waals surface area contributed by atoms with E-state index >= 15 is 0 Å². The van der Waals surface area contributed by atoms with Crippen LogP contribution in [0.15, 0.2) is 18.2 Å². The van der Waals surface area contributed by atoms with Gasteiger partial charge in [-0.15, -0.1) is 0 Å². The summed E-state index contributed by atoms with van der Waals surface area (Å²) in [7, 11) is 1.43. The van der Waals surface area contributed by atoms with Crippen molar-refractivity contribution in [1.29, 1.82) is 0 Å². The van der Waals surface area contributed by atoms with Crippen LogP contribution in [0.5, 0.6) is 0 Å². The van der Waals surface area contributed by atoms with Gasteiger partial charge in [0.05, 0.1) is 12.7 Å². The van der Waals surface area contributed by atoms with Gasteiger partial charge in [0.25, 0.3) is 0 Å². The number of ether oxygens (including phenoxy) is 1. The largest absolute Gasteiger partial charge is 0.465 e. The Hall–Kier alpha value is -1.51. The fraction of sp³-hybridized carbons (Fsp3) is 0.588. The van der Waals surface area contributed by atoms with E-state index in [9.17, 15) is 4.79 Å². The molecule has 1 fully saturated rings. The van der Waals surface area contributed by atoms with Gasteiger partial charge < -0.3 is 10.1 Å². The van der Waals surface area contributed by atoms with Crippen molar-refractivity contribution in [2.24, 2.45) is 5.92 Å². The van der Waals surface area contributed by atoms with E-state index in [2.05, 4.69) is 18.3 Å². The first-order valence-electron chi connectivity index (χ1n) is 7.56. The lowest BCUT2D eigenvalue weighted by Gasteiger charge is -2.20. The minimum absolute atomic E-state index is 0.263. The third kappa shape index (κ3) is 3.53. The number of benzene rings is 1. The van der Waals surface area contributed by atoms with Crippen molar-refractivity contribution in [3.05, 3.63) is 29.3 Å². The molecule has 1 aliphatic carbocycles. The first kappa shape index (κ1) is 14.9. The van der Waals surface area contributed by atoms with Crippen molar-refractivity contribution in [2.45, 2.75) is 52.0 Å². The molecule has 0 saturated heterocycles. The number of hydrogen-bond acceptors (Lipinski definition) is 3. The third-order valence-corrected chi connectivity index (χ3v) is 4.36. The Kier molecular flexibility index (Phi) is 5.05. The molecule has 1 N–H and O–H groups in total. The zero-order valence-corrected chi connectivity index (χ0v) is 12.7. The smallest absolute Gasteiger partial charge is 0.338 e. The summed E-state index contributed by atoms with van der Waals surface area (Å²) in [4.78, 5) is 11.7. The van der Waals surface area contributed by atoms with Crippen LogP contribution in [0.25, 0.3) is 0 Å². The summed E-state index contributed by atoms with van der Waals surface area (Å²) in [5.74, 6) is 0.574. The highest BCUT2D eigenvalue weighted by Gasteiger charge is 2.18. The maximum Gasteiger partial charge on any atom is 0.338 e. The predicted molar refractivity (Wildman–Crippen MR) is 82.2 cm³/mol. The molecule has 1 aliphatic rings. The Balaban J connectivity index is 2.11. The molecule has 0 heterocycles. The van der Waals surface area contributed by atoms with Gasteiger partial charge in [0, 0.05) is 11.7 Å². The highest BCUT2D eigenvalue weighted by atomic mass is 16.5. The van der Waals surface area contributed by atoms with Gasteiger partial charge in [-0.25, -0.2) is 4.79 Å². The second-order valence-electron chi connectivity index (χ2n) is 5.92. The molecule has 1 aromatic carbocycles. The van der Waals surface area contributed by atoms with Crippen molar-refractivity contribution >= 4 is 11.7 Å². The van der Waals surface area contributed by atoms with Crippen molar-refractivity contribution < 1.29 is 9.53 Å². The highest BCUT2D eigenvalue weighted by Crippen LogP contribution is 2.27. The number of rotatable bonds is 3. The maximum atomic E-state index is 11.7. The lowest BCUT2D eigenvalue weighted by Crippen LogP contribution is -2.19. The topological polar surface area (TPSA) is 38.3 Å². The number of nitrogens with one attached hydrogen (secondary N) is 1. The van der Waals surface area contributed by atoms with Crippen LogP contribution in [0.2, 0.25) is 0 Å². The van der Waals surface area contributed by atoms with E-state index in [1.165, 1.54) is 39.2 Å². The number of anilines is 1. The zero-order chi connectivity index (χ0) is 14.5. The SMILES string of the molecule is COC(=O)c1cccc(NC2CCCC(C)CC2)c1C. The molecular formula is C17H25NO2. The van der Waals surface area contributed by atoms with Crippen LogP contribution in [0, 0.1) is 12.8 Å². The first-order valence-corrected chi connectivity index (χ1v) is 7.56. The van der Waals surface area contributed by atoms with Crippen LogP contribution >= 0.6 is 0 Å². The zero-order valence-electron chi connectivity index (χ0n) is 12.7. The van der Waals surface area contributed by atoms with Gasteiger partial charge in [0.1, 0.15) is 0 Å². The van der Waals surface area contributed by atoms with E-state index in [0.29, 0.717) is 11.6 Å². The van der Waals surface area contributed by atoms with E-state index < -0.39 is 0 Å². The standard InChI is InChI=1S/C17H25NO2/c1-12-6-4-7-14(11-10-12)18-16-9-5-8-15(13(16)2)17(19)20-3/h5,8-9,12,14,18H,4,6-7,10-11H2,1-3H3. The Labute approximate surface area is 121 Å². The summed E-state index contributed by atoms with van der Waals surface area (Å²) in [6.07, 6.45) is 6.33. The molecule has 1 aromatic rings. The van der Waals surface area contributed by atoms with E-state index in [0.717, 1.165) is 17.2 Å². The van der Waals surface area contributed by atoms with Gasteiger partial charge in [-0.1, -0.05) is 25.8 Å². The van der Waals surface area contributed by atoms with Crippen LogP contribution in [0.3, 0.4) is 0 Å². The number of methoxy groups -OCH3 is 1. The van der Waals surface area contributed by atoms with Crippen LogP contribution in [0.1, 0.15) is 54.9 Å². The molecule has 2 atom stereocenters. The second kappa shape index (κ2) is 6.78. The molecule has 20 heavy (non-hydrogen) atoms. The van der Waals surface area contributed by atoms with Gasteiger partial charge in [0.15, 0.2) is 0 Å². The molecule has 2 unspecified atom stereocenters. The molecule has 3 nitrogen and oxygen atoms in total. The summed E-state index contributed by atoms with van der Waals surface area (Å²) < 4.78 is 4.83. The van der Waals surface area contributed by atoms with Crippen LogP contribution in [-0.4, -0.2) is 19.1 Å². The molecule has 2 rings (SSSR count). The molecule has 3 heteroatoms. The monoisotopic (exact) mass is 275 g/mol. The molecular weight excluding hydrogens is 250 g/mol. The predicted octanol–water partition coefficient (Wildman–Crippen LogP) is 4.16. The molecule has 0 amide bonds. The minimum Gasteiger partial charge on any atom is -0.465 e. The Morgan fingerprint density at radius 2 is 2.05 bits per heavy atom. The van der Waals surface area contributed by atoms with E-state index in [-0.39, 0.29) is 5.97 Å². The minimum atomic E-state index is -0.263. The van der Waals surface area contributed by atoms with Crippen LogP contribution < -0.4 is 5.32 Å². The molecule has 0 spiro atoms. The van der Waals surface area contributed by atoms with Crippen molar-refractivity contribution in [1.82, 2.24) is 0 Å². The van der Waals surface area contributed by atoms with E-state index in [1.807, 2.05) is 19.1 Å². The molecule has 0 aromatic heterocycles. The number of carbonyl (C=O) groups excluding carboxylic acids is 1. The summed E-state index contributed by atoms with van der Waals surface area (Å²) in [6, 6.07) is 6.31. The van der Waals surface area contributed by atoms with Gasteiger partial charge in [-0.05, 0) is 49.8 Å². The molecule has 0 aliphatic heterocycles. The van der Waals surface area contributed by atoms with E-state index in [1.54, 1.807) is 0 Å². The number of esters is 1. The molecule has 0 radical (unpaired) electrons. The van der Waals surface area contributed by atoms with Crippen molar-refractivity contribution in [3.63, 3.8) is 0 Å². The Morgan fingerprint density at radius 3 is 2.80 bits per heavy atom. The number of carbonyl (C=O) groups is 1. The third-order valence-electron chi connectivity index (χ3n) is 4.36. The fourth-order valence-corrected chi connectivity index (χ4v) is 2.97. The van der Waals surface area contributed by atoms with Crippen molar-refractivity contribution in [3.8, 4) is 0 Å². The highest BCUT2D eigenvalue weighted by molar-refractivity contribution is 5.92. The summed E-state index contributed by atoms with van der Waals surface area (Å²) >= 11 is 0. The van der Waals surface area contributed by atoms with Crippen molar-refractivity contribution in [2.75, 3.05) is 12.4 Å². The lowest BCUT2D eigenvalue weighted by molar-refractivity contribution is 0.0600. The summed E-state index contributed by atoms with van der Waals surface area (Å²) in [5.41, 5.74) is 2.70. The molecule has 110 valence electrons. The van der Waals surface area contributed by atoms with E-state index in [4.69, 9.17) is 4.74 Å². The van der Waals surface area contributed by atoms with Crippen LogP contribution in [-0.2, 0) is 4.74 Å². The average molecular weight is 275 g/mol. The van der Waals surface area contributed by atoms with Crippen LogP contribution in [0.4, 0.5) is 5.69 Å². The average Bonchev–Trinajstić information content (AvgIpc) is 2.65.